The van der Waals surface area contributed by atoms with Crippen LogP contribution in [0.4, 0.5) is 11.4 Å². The molecule has 8 nitrogen and oxygen atoms in total. The van der Waals surface area contributed by atoms with Gasteiger partial charge in [0.25, 0.3) is 21.6 Å². The monoisotopic (exact) mass is 305 g/mol. The molecule has 0 unspecified atom stereocenters. The number of pyridine rings is 1. The van der Waals surface area contributed by atoms with Crippen molar-refractivity contribution in [3.8, 4) is 0 Å². The lowest BCUT2D eigenvalue weighted by Crippen LogP contribution is -2.29. The van der Waals surface area contributed by atoms with Crippen molar-refractivity contribution in [1.82, 2.24) is 4.98 Å². The van der Waals surface area contributed by atoms with Crippen molar-refractivity contribution >= 4 is 27.3 Å². The van der Waals surface area contributed by atoms with E-state index in [1.165, 1.54) is 24.5 Å². The molecule has 1 aliphatic heterocycles. The summed E-state index contributed by atoms with van der Waals surface area (Å²) >= 11 is 0. The quantitative estimate of drug-likeness (QED) is 0.611. The van der Waals surface area contributed by atoms with Gasteiger partial charge in [0.05, 0.1) is 16.2 Å². The number of carbonyl (C=O) groups is 1. The predicted molar refractivity (Wildman–Crippen MR) is 71.3 cm³/mol. The van der Waals surface area contributed by atoms with Gasteiger partial charge < -0.3 is 0 Å². The maximum Gasteiger partial charge on any atom is 0.273 e. The van der Waals surface area contributed by atoms with Gasteiger partial charge in [-0.1, -0.05) is 0 Å². The average molecular weight is 305 g/mol. The van der Waals surface area contributed by atoms with Crippen LogP contribution >= 0.6 is 0 Å². The summed E-state index contributed by atoms with van der Waals surface area (Å²) < 4.78 is 25.5. The van der Waals surface area contributed by atoms with Gasteiger partial charge in [-0.2, -0.15) is 4.31 Å². The van der Waals surface area contributed by atoms with Crippen LogP contribution in [0, 0.1) is 10.1 Å². The Kier molecular flexibility index (Phi) is 2.73. The molecule has 0 N–H and O–H groups in total. The first-order valence-electron chi connectivity index (χ1n) is 5.71. The first kappa shape index (κ1) is 13.2. The summed E-state index contributed by atoms with van der Waals surface area (Å²) in [5.41, 5.74) is -0.340. The molecule has 1 aromatic heterocycles. The molecule has 0 fully saturated rings. The van der Waals surface area contributed by atoms with E-state index in [1.807, 2.05) is 0 Å². The number of amides is 1. The molecule has 0 bridgehead atoms. The molecule has 0 radical (unpaired) electrons. The van der Waals surface area contributed by atoms with Crippen molar-refractivity contribution in [3.05, 3.63) is 58.4 Å². The van der Waals surface area contributed by atoms with Gasteiger partial charge >= 0.3 is 0 Å². The van der Waals surface area contributed by atoms with Crippen LogP contribution < -0.4 is 4.31 Å². The number of nitrogens with zero attached hydrogens (tertiary/aromatic N) is 3. The largest absolute Gasteiger partial charge is 0.273 e. The topological polar surface area (TPSA) is 110 Å². The fourth-order valence-corrected chi connectivity index (χ4v) is 3.68. The number of nitro groups is 1. The fourth-order valence-electron chi connectivity index (χ4n) is 2.07. The molecule has 21 heavy (non-hydrogen) atoms. The number of hydrogen-bond acceptors (Lipinski definition) is 6. The van der Waals surface area contributed by atoms with E-state index < -0.39 is 20.9 Å². The molecule has 0 atom stereocenters. The third kappa shape index (κ3) is 1.86. The summed E-state index contributed by atoms with van der Waals surface area (Å²) in [6, 6.07) is 5.88. The number of fused-ring (bicyclic) bond motifs is 1. The highest BCUT2D eigenvalue weighted by Crippen LogP contribution is 2.36. The molecule has 1 aromatic carbocycles. The molecule has 9 heteroatoms. The van der Waals surface area contributed by atoms with Gasteiger partial charge in [-0.05, 0) is 18.2 Å². The van der Waals surface area contributed by atoms with E-state index in [0.29, 0.717) is 4.31 Å². The Hall–Kier alpha value is -2.81. The van der Waals surface area contributed by atoms with E-state index in [0.717, 1.165) is 18.2 Å². The molecule has 2 heterocycles. The standard InChI is InChI=1S/C12H7N3O5S/c16-12-10-2-1-9(15(17)18)7-11(10)21(19,20)14(12)8-3-5-13-6-4-8/h1-7H. The number of anilines is 1. The van der Waals surface area contributed by atoms with Crippen LogP contribution in [0.15, 0.2) is 47.6 Å². The maximum atomic E-state index is 12.4. The maximum absolute atomic E-state index is 12.4. The molecule has 0 saturated carbocycles. The van der Waals surface area contributed by atoms with Crippen molar-refractivity contribution < 1.29 is 18.1 Å². The van der Waals surface area contributed by atoms with Gasteiger partial charge in [0.15, 0.2) is 0 Å². The third-order valence-corrected chi connectivity index (χ3v) is 4.76. The molecule has 0 spiro atoms. The number of aromatic nitrogens is 1. The summed E-state index contributed by atoms with van der Waals surface area (Å²) in [6.45, 7) is 0. The Morgan fingerprint density at radius 3 is 2.43 bits per heavy atom. The molecule has 2 aromatic rings. The smallest absolute Gasteiger partial charge is 0.268 e. The minimum Gasteiger partial charge on any atom is -0.268 e. The molecular formula is C12H7N3O5S. The third-order valence-electron chi connectivity index (χ3n) is 3.01. The number of hydrogen-bond donors (Lipinski definition) is 0. The first-order valence-corrected chi connectivity index (χ1v) is 7.15. The highest BCUT2D eigenvalue weighted by Gasteiger charge is 2.43. The number of non-ortho nitro benzene ring substituents is 1. The van der Waals surface area contributed by atoms with Crippen LogP contribution in [0.25, 0.3) is 0 Å². The van der Waals surface area contributed by atoms with Gasteiger partial charge in [0.2, 0.25) is 0 Å². The van der Waals surface area contributed by atoms with Crippen LogP contribution in [-0.4, -0.2) is 24.2 Å². The zero-order chi connectivity index (χ0) is 15.2. The number of nitro benzene ring substituents is 1. The fraction of sp³-hybridized carbons (Fsp3) is 0. The molecule has 0 aliphatic carbocycles. The van der Waals surface area contributed by atoms with Gasteiger partial charge in [0.1, 0.15) is 4.90 Å². The number of carbonyl (C=O) groups excluding carboxylic acids is 1. The minimum atomic E-state index is -4.15. The molecule has 1 amide bonds. The Labute approximate surface area is 118 Å². The Morgan fingerprint density at radius 2 is 1.81 bits per heavy atom. The van der Waals surface area contributed by atoms with E-state index in [1.54, 1.807) is 0 Å². The zero-order valence-electron chi connectivity index (χ0n) is 10.3. The number of sulfonamides is 1. The van der Waals surface area contributed by atoms with Gasteiger partial charge in [-0.15, -0.1) is 0 Å². The average Bonchev–Trinajstić information content (AvgIpc) is 2.66. The minimum absolute atomic E-state index is 0.0857. The van der Waals surface area contributed by atoms with Crippen LogP contribution in [0.1, 0.15) is 10.4 Å². The van der Waals surface area contributed by atoms with E-state index in [2.05, 4.69) is 4.98 Å². The van der Waals surface area contributed by atoms with Gasteiger partial charge in [-0.25, -0.2) is 8.42 Å². The second kappa shape index (κ2) is 4.35. The van der Waals surface area contributed by atoms with Crippen molar-refractivity contribution in [1.29, 1.82) is 0 Å². The molecule has 3 rings (SSSR count). The van der Waals surface area contributed by atoms with Crippen molar-refractivity contribution in [2.75, 3.05) is 4.31 Å². The van der Waals surface area contributed by atoms with E-state index in [4.69, 9.17) is 0 Å². The Balaban J connectivity index is 2.22. The summed E-state index contributed by atoms with van der Waals surface area (Å²) in [5, 5.41) is 10.7. The van der Waals surface area contributed by atoms with Crippen molar-refractivity contribution in [3.63, 3.8) is 0 Å². The van der Waals surface area contributed by atoms with Gasteiger partial charge in [0, 0.05) is 24.5 Å². The molecule has 0 saturated heterocycles. The highest BCUT2D eigenvalue weighted by molar-refractivity contribution is 7.94. The van der Waals surface area contributed by atoms with Crippen LogP contribution in [-0.2, 0) is 10.0 Å². The molecule has 1 aliphatic rings. The zero-order valence-corrected chi connectivity index (χ0v) is 11.1. The molecular weight excluding hydrogens is 298 g/mol. The number of rotatable bonds is 2. The van der Waals surface area contributed by atoms with E-state index in [-0.39, 0.29) is 21.8 Å². The number of benzene rings is 1. The lowest BCUT2D eigenvalue weighted by Gasteiger charge is -2.14. The summed E-state index contributed by atoms with van der Waals surface area (Å²) in [7, 11) is -4.15. The SMILES string of the molecule is O=C1c2ccc([N+](=O)[O-])cc2S(=O)(=O)N1c1ccncc1. The Morgan fingerprint density at radius 1 is 1.14 bits per heavy atom. The Bertz CT molecular complexity index is 864. The van der Waals surface area contributed by atoms with E-state index >= 15 is 0 Å². The predicted octanol–water partition coefficient (Wildman–Crippen LogP) is 1.34. The van der Waals surface area contributed by atoms with Crippen LogP contribution in [0.3, 0.4) is 0 Å². The first-order chi connectivity index (χ1) is 9.93. The summed E-state index contributed by atoms with van der Waals surface area (Å²) in [5.74, 6) is -0.744. The van der Waals surface area contributed by atoms with Crippen molar-refractivity contribution in [2.45, 2.75) is 4.90 Å². The lowest BCUT2D eigenvalue weighted by molar-refractivity contribution is -0.385. The molecule has 106 valence electrons. The second-order valence-corrected chi connectivity index (χ2v) is 5.97. The van der Waals surface area contributed by atoms with Crippen LogP contribution in [0.2, 0.25) is 0 Å². The van der Waals surface area contributed by atoms with Crippen LogP contribution in [0.5, 0.6) is 0 Å². The normalized spacial score (nSPS) is 15.8. The van der Waals surface area contributed by atoms with Gasteiger partial charge in [-0.3, -0.25) is 19.9 Å². The van der Waals surface area contributed by atoms with E-state index in [9.17, 15) is 23.3 Å². The lowest BCUT2D eigenvalue weighted by atomic mass is 10.2. The second-order valence-electron chi connectivity index (χ2n) is 4.22. The highest BCUT2D eigenvalue weighted by atomic mass is 32.2. The summed E-state index contributed by atoms with van der Waals surface area (Å²) in [4.78, 5) is 25.7. The summed E-state index contributed by atoms with van der Waals surface area (Å²) in [6.07, 6.45) is 2.70. The van der Waals surface area contributed by atoms with Crippen molar-refractivity contribution in [2.24, 2.45) is 0 Å².